The summed E-state index contributed by atoms with van der Waals surface area (Å²) in [6.07, 6.45) is 1.74. The van der Waals surface area contributed by atoms with Crippen LogP contribution >= 0.6 is 38.9 Å². The zero-order chi connectivity index (χ0) is 13.6. The topological polar surface area (TPSA) is 32.9 Å². The quantitative estimate of drug-likeness (QED) is 0.632. The number of benzene rings is 1. The SMILES string of the molecule is Cc1csc(C(=O)c2c[nH]c3cc(Br)ccc23)c1Cl. The van der Waals surface area contributed by atoms with Crippen molar-refractivity contribution in [3.8, 4) is 0 Å². The molecule has 0 saturated carbocycles. The van der Waals surface area contributed by atoms with Gasteiger partial charge in [0, 0.05) is 27.1 Å². The molecule has 0 aliphatic rings. The maximum Gasteiger partial charge on any atom is 0.206 e. The molecule has 0 aliphatic carbocycles. The molecular weight excluding hydrogens is 346 g/mol. The van der Waals surface area contributed by atoms with Gasteiger partial charge in [0.1, 0.15) is 0 Å². The van der Waals surface area contributed by atoms with Crippen LogP contribution in [0.1, 0.15) is 20.8 Å². The summed E-state index contributed by atoms with van der Waals surface area (Å²) in [6.45, 7) is 1.90. The summed E-state index contributed by atoms with van der Waals surface area (Å²) in [6, 6.07) is 5.80. The normalized spacial score (nSPS) is 11.1. The molecule has 0 spiro atoms. The van der Waals surface area contributed by atoms with Gasteiger partial charge in [0.15, 0.2) is 0 Å². The van der Waals surface area contributed by atoms with Crippen LogP contribution in [0, 0.1) is 6.92 Å². The number of rotatable bonds is 2. The van der Waals surface area contributed by atoms with Gasteiger partial charge in [-0.3, -0.25) is 4.79 Å². The maximum absolute atomic E-state index is 12.5. The van der Waals surface area contributed by atoms with Crippen LogP contribution in [-0.4, -0.2) is 10.8 Å². The zero-order valence-corrected chi connectivity index (χ0v) is 13.1. The Hall–Kier alpha value is -1.10. The van der Waals surface area contributed by atoms with Gasteiger partial charge in [-0.1, -0.05) is 33.6 Å². The number of thiophene rings is 1. The molecule has 0 amide bonds. The van der Waals surface area contributed by atoms with Crippen molar-refractivity contribution in [3.63, 3.8) is 0 Å². The number of nitrogens with one attached hydrogen (secondary N) is 1. The van der Waals surface area contributed by atoms with Gasteiger partial charge in [-0.05, 0) is 30.0 Å². The van der Waals surface area contributed by atoms with Gasteiger partial charge in [-0.15, -0.1) is 11.3 Å². The minimum absolute atomic E-state index is 0.0309. The van der Waals surface area contributed by atoms with E-state index in [2.05, 4.69) is 20.9 Å². The van der Waals surface area contributed by atoms with E-state index in [4.69, 9.17) is 11.6 Å². The first-order chi connectivity index (χ1) is 9.08. The second-order valence-corrected chi connectivity index (χ2v) is 6.46. The fourth-order valence-electron chi connectivity index (χ4n) is 1.99. The number of H-pyrrole nitrogens is 1. The van der Waals surface area contributed by atoms with E-state index >= 15 is 0 Å². The van der Waals surface area contributed by atoms with Crippen LogP contribution in [0.2, 0.25) is 5.02 Å². The number of aromatic amines is 1. The predicted molar refractivity (Wildman–Crippen MR) is 83.5 cm³/mol. The first kappa shape index (κ1) is 12.9. The van der Waals surface area contributed by atoms with Crippen molar-refractivity contribution >= 4 is 55.6 Å². The van der Waals surface area contributed by atoms with E-state index < -0.39 is 0 Å². The first-order valence-corrected chi connectivity index (χ1v) is 7.68. The van der Waals surface area contributed by atoms with Crippen LogP contribution in [-0.2, 0) is 0 Å². The van der Waals surface area contributed by atoms with Crippen molar-refractivity contribution in [2.75, 3.05) is 0 Å². The third-order valence-corrected chi connectivity index (χ3v) is 5.18. The molecule has 5 heteroatoms. The Morgan fingerprint density at radius 3 is 2.89 bits per heavy atom. The van der Waals surface area contributed by atoms with Gasteiger partial charge in [0.05, 0.1) is 9.90 Å². The van der Waals surface area contributed by atoms with Crippen molar-refractivity contribution < 1.29 is 4.79 Å². The monoisotopic (exact) mass is 353 g/mol. The van der Waals surface area contributed by atoms with Gasteiger partial charge in [0.25, 0.3) is 0 Å². The Bertz CT molecular complexity index is 790. The number of fused-ring (bicyclic) bond motifs is 1. The highest BCUT2D eigenvalue weighted by atomic mass is 79.9. The van der Waals surface area contributed by atoms with Crippen molar-refractivity contribution in [1.82, 2.24) is 4.98 Å². The molecule has 0 unspecified atom stereocenters. The Balaban J connectivity index is 2.14. The van der Waals surface area contributed by atoms with Crippen molar-refractivity contribution in [1.29, 1.82) is 0 Å². The van der Waals surface area contributed by atoms with E-state index in [1.807, 2.05) is 30.5 Å². The van der Waals surface area contributed by atoms with E-state index in [9.17, 15) is 4.79 Å². The maximum atomic E-state index is 12.5. The average molecular weight is 355 g/mol. The van der Waals surface area contributed by atoms with E-state index in [0.29, 0.717) is 15.5 Å². The molecule has 0 saturated heterocycles. The van der Waals surface area contributed by atoms with E-state index in [0.717, 1.165) is 20.9 Å². The third-order valence-electron chi connectivity index (χ3n) is 2.99. The van der Waals surface area contributed by atoms with Gasteiger partial charge in [-0.25, -0.2) is 0 Å². The van der Waals surface area contributed by atoms with Gasteiger partial charge in [-0.2, -0.15) is 0 Å². The fraction of sp³-hybridized carbons (Fsp3) is 0.0714. The summed E-state index contributed by atoms with van der Waals surface area (Å²) in [5.41, 5.74) is 2.53. The molecule has 0 fully saturated rings. The lowest BCUT2D eigenvalue weighted by Crippen LogP contribution is -1.98. The van der Waals surface area contributed by atoms with Gasteiger partial charge >= 0.3 is 0 Å². The number of halogens is 2. The van der Waals surface area contributed by atoms with Crippen molar-refractivity contribution in [2.45, 2.75) is 6.92 Å². The van der Waals surface area contributed by atoms with Gasteiger partial charge in [0.2, 0.25) is 5.78 Å². The summed E-state index contributed by atoms with van der Waals surface area (Å²) < 4.78 is 0.978. The predicted octanol–water partition coefficient (Wildman–Crippen LogP) is 5.18. The van der Waals surface area contributed by atoms with Crippen LogP contribution in [0.25, 0.3) is 10.9 Å². The third kappa shape index (κ3) is 2.14. The molecule has 2 nitrogen and oxygen atoms in total. The summed E-state index contributed by atoms with van der Waals surface area (Å²) >= 11 is 11.0. The number of aryl methyl sites for hydroxylation is 1. The molecule has 0 radical (unpaired) electrons. The number of hydrogen-bond acceptors (Lipinski definition) is 2. The molecule has 96 valence electrons. The largest absolute Gasteiger partial charge is 0.360 e. The number of carbonyl (C=O) groups excluding carboxylic acids is 1. The lowest BCUT2D eigenvalue weighted by atomic mass is 10.1. The highest BCUT2D eigenvalue weighted by Gasteiger charge is 2.19. The smallest absolute Gasteiger partial charge is 0.206 e. The Kier molecular flexibility index (Phi) is 3.25. The van der Waals surface area contributed by atoms with E-state index in [1.165, 1.54) is 11.3 Å². The summed E-state index contributed by atoms with van der Waals surface area (Å²) in [7, 11) is 0. The minimum Gasteiger partial charge on any atom is -0.360 e. The second kappa shape index (κ2) is 4.78. The second-order valence-electron chi connectivity index (χ2n) is 4.28. The highest BCUT2D eigenvalue weighted by molar-refractivity contribution is 9.10. The number of carbonyl (C=O) groups is 1. The molecule has 0 bridgehead atoms. The molecule has 19 heavy (non-hydrogen) atoms. The van der Waals surface area contributed by atoms with Crippen LogP contribution in [0.4, 0.5) is 0 Å². The molecule has 3 rings (SSSR count). The fourth-order valence-corrected chi connectivity index (χ4v) is 3.59. The van der Waals surface area contributed by atoms with Crippen LogP contribution in [0.5, 0.6) is 0 Å². The Morgan fingerprint density at radius 2 is 2.21 bits per heavy atom. The number of ketones is 1. The van der Waals surface area contributed by atoms with Crippen LogP contribution in [0.3, 0.4) is 0 Å². The standard InChI is InChI=1S/C14H9BrClNOS/c1-7-6-19-14(12(7)16)13(18)10-5-17-11-4-8(15)2-3-9(10)11/h2-6,17H,1H3. The lowest BCUT2D eigenvalue weighted by molar-refractivity contribution is 0.104. The molecular formula is C14H9BrClNOS. The highest BCUT2D eigenvalue weighted by Crippen LogP contribution is 2.31. The van der Waals surface area contributed by atoms with Crippen molar-refractivity contribution in [3.05, 3.63) is 55.3 Å². The van der Waals surface area contributed by atoms with E-state index in [-0.39, 0.29) is 5.78 Å². The molecule has 3 aromatic rings. The Morgan fingerprint density at radius 1 is 1.42 bits per heavy atom. The summed E-state index contributed by atoms with van der Waals surface area (Å²) in [5, 5.41) is 3.37. The molecule has 2 heterocycles. The summed E-state index contributed by atoms with van der Waals surface area (Å²) in [4.78, 5) is 16.3. The van der Waals surface area contributed by atoms with Gasteiger partial charge < -0.3 is 4.98 Å². The van der Waals surface area contributed by atoms with E-state index in [1.54, 1.807) is 6.20 Å². The van der Waals surface area contributed by atoms with Crippen LogP contribution < -0.4 is 0 Å². The molecule has 1 aromatic carbocycles. The zero-order valence-electron chi connectivity index (χ0n) is 9.96. The minimum atomic E-state index is -0.0309. The lowest BCUT2D eigenvalue weighted by Gasteiger charge is -1.98. The number of hydrogen-bond donors (Lipinski definition) is 1. The number of aromatic nitrogens is 1. The Labute approximate surface area is 127 Å². The molecule has 1 N–H and O–H groups in total. The molecule has 0 aliphatic heterocycles. The van der Waals surface area contributed by atoms with Crippen molar-refractivity contribution in [2.24, 2.45) is 0 Å². The average Bonchev–Trinajstić information content (AvgIpc) is 2.94. The molecule has 0 atom stereocenters. The van der Waals surface area contributed by atoms with Crippen LogP contribution in [0.15, 0.2) is 34.2 Å². The molecule has 2 aromatic heterocycles. The first-order valence-electron chi connectivity index (χ1n) is 5.63. The summed E-state index contributed by atoms with van der Waals surface area (Å²) in [5.74, 6) is -0.0309.